The van der Waals surface area contributed by atoms with Crippen molar-refractivity contribution in [3.8, 4) is 0 Å². The van der Waals surface area contributed by atoms with Gasteiger partial charge in [-0.2, -0.15) is 0 Å². The Kier molecular flexibility index (Phi) is 3.88. The van der Waals surface area contributed by atoms with Gasteiger partial charge >= 0.3 is 0 Å². The highest BCUT2D eigenvalue weighted by Crippen LogP contribution is 2.28. The van der Waals surface area contributed by atoms with Crippen molar-refractivity contribution in [2.75, 3.05) is 16.8 Å². The van der Waals surface area contributed by atoms with Gasteiger partial charge in [0.25, 0.3) is 0 Å². The van der Waals surface area contributed by atoms with Gasteiger partial charge in [-0.15, -0.1) is 0 Å². The van der Waals surface area contributed by atoms with Crippen LogP contribution in [0.4, 0.5) is 11.4 Å². The maximum Gasteiger partial charge on any atom is 0.221 e. The zero-order valence-corrected chi connectivity index (χ0v) is 15.0. The third-order valence-electron chi connectivity index (χ3n) is 4.60. The lowest BCUT2D eigenvalue weighted by atomic mass is 10.1. The number of carbonyl (C=O) groups excluding carboxylic acids is 1. The average molecular weight is 355 g/mol. The van der Waals surface area contributed by atoms with Gasteiger partial charge in [0.1, 0.15) is 5.82 Å². The lowest BCUT2D eigenvalue weighted by molar-refractivity contribution is -0.114. The van der Waals surface area contributed by atoms with Gasteiger partial charge in [-0.25, -0.2) is 4.98 Å². The van der Waals surface area contributed by atoms with Crippen LogP contribution >= 0.6 is 11.6 Å². The van der Waals surface area contributed by atoms with Crippen LogP contribution in [0.5, 0.6) is 0 Å². The summed E-state index contributed by atoms with van der Waals surface area (Å²) in [4.78, 5) is 18.3. The van der Waals surface area contributed by atoms with E-state index in [1.807, 2.05) is 37.3 Å². The summed E-state index contributed by atoms with van der Waals surface area (Å²) in [5.74, 6) is 0.994. The monoisotopic (exact) mass is 354 g/mol. The number of nitrogens with zero attached hydrogens (tertiary/aromatic N) is 3. The summed E-state index contributed by atoms with van der Waals surface area (Å²) in [6, 6.07) is 12.0. The first kappa shape index (κ1) is 16.0. The second kappa shape index (κ2) is 6.08. The van der Waals surface area contributed by atoms with Gasteiger partial charge in [-0.05, 0) is 48.9 Å². The number of imidazole rings is 1. The van der Waals surface area contributed by atoms with Crippen LogP contribution in [0, 0.1) is 6.92 Å². The van der Waals surface area contributed by atoms with Gasteiger partial charge in [0.2, 0.25) is 5.91 Å². The Morgan fingerprint density at radius 3 is 2.80 bits per heavy atom. The SMILES string of the molecule is CC(=O)Nc1ccc(N2CCn3c(nc4cc(Cl)ccc43)C2)cc1C. The van der Waals surface area contributed by atoms with Crippen molar-refractivity contribution in [2.24, 2.45) is 0 Å². The van der Waals surface area contributed by atoms with E-state index in [4.69, 9.17) is 16.6 Å². The van der Waals surface area contributed by atoms with Crippen molar-refractivity contribution in [1.29, 1.82) is 0 Å². The Labute approximate surface area is 151 Å². The fourth-order valence-electron chi connectivity index (χ4n) is 3.39. The number of nitrogens with one attached hydrogen (secondary N) is 1. The van der Waals surface area contributed by atoms with Crippen LogP contribution in [-0.2, 0) is 17.9 Å². The van der Waals surface area contributed by atoms with E-state index in [1.54, 1.807) is 0 Å². The summed E-state index contributed by atoms with van der Waals surface area (Å²) in [7, 11) is 0. The van der Waals surface area contributed by atoms with Gasteiger partial charge in [-0.1, -0.05) is 11.6 Å². The summed E-state index contributed by atoms with van der Waals surface area (Å²) in [5.41, 5.74) is 5.13. The third-order valence-corrected chi connectivity index (χ3v) is 4.84. The van der Waals surface area contributed by atoms with Crippen molar-refractivity contribution >= 4 is 39.9 Å². The van der Waals surface area contributed by atoms with Crippen LogP contribution in [-0.4, -0.2) is 22.0 Å². The summed E-state index contributed by atoms with van der Waals surface area (Å²) in [6.45, 7) is 6.09. The number of aryl methyl sites for hydroxylation is 1. The molecule has 0 atom stereocenters. The molecule has 1 amide bonds. The van der Waals surface area contributed by atoms with E-state index in [0.717, 1.165) is 53.4 Å². The molecular formula is C19H19ClN4O. The van der Waals surface area contributed by atoms with Crippen molar-refractivity contribution in [2.45, 2.75) is 26.9 Å². The minimum atomic E-state index is -0.0544. The Morgan fingerprint density at radius 2 is 2.04 bits per heavy atom. The van der Waals surface area contributed by atoms with Crippen molar-refractivity contribution in [3.63, 3.8) is 0 Å². The van der Waals surface area contributed by atoms with Crippen molar-refractivity contribution in [1.82, 2.24) is 9.55 Å². The Hall–Kier alpha value is -2.53. The van der Waals surface area contributed by atoms with Gasteiger partial charge in [-0.3, -0.25) is 4.79 Å². The molecule has 4 rings (SSSR count). The minimum absolute atomic E-state index is 0.0544. The molecule has 1 aliphatic rings. The van der Waals surface area contributed by atoms with Crippen LogP contribution in [0.15, 0.2) is 36.4 Å². The number of benzene rings is 2. The summed E-state index contributed by atoms with van der Waals surface area (Å²) in [6.07, 6.45) is 0. The number of amides is 1. The number of rotatable bonds is 2. The molecule has 1 N–H and O–H groups in total. The second-order valence-corrected chi connectivity index (χ2v) is 6.85. The molecule has 0 saturated carbocycles. The first-order valence-corrected chi connectivity index (χ1v) is 8.67. The molecule has 25 heavy (non-hydrogen) atoms. The maximum atomic E-state index is 11.3. The van der Waals surface area contributed by atoms with E-state index in [0.29, 0.717) is 5.02 Å². The van der Waals surface area contributed by atoms with E-state index in [9.17, 15) is 4.79 Å². The molecule has 0 bridgehead atoms. The zero-order valence-electron chi connectivity index (χ0n) is 14.2. The molecule has 0 unspecified atom stereocenters. The molecule has 2 heterocycles. The minimum Gasteiger partial charge on any atom is -0.362 e. The van der Waals surface area contributed by atoms with E-state index < -0.39 is 0 Å². The van der Waals surface area contributed by atoms with E-state index in [2.05, 4.69) is 20.9 Å². The Balaban J connectivity index is 1.63. The molecule has 1 aliphatic heterocycles. The normalized spacial score (nSPS) is 13.8. The summed E-state index contributed by atoms with van der Waals surface area (Å²) >= 11 is 6.09. The van der Waals surface area contributed by atoms with Crippen LogP contribution in [0.3, 0.4) is 0 Å². The smallest absolute Gasteiger partial charge is 0.221 e. The highest BCUT2D eigenvalue weighted by atomic mass is 35.5. The number of carbonyl (C=O) groups is 1. The molecule has 0 saturated heterocycles. The van der Waals surface area contributed by atoms with Gasteiger partial charge < -0.3 is 14.8 Å². The molecule has 2 aromatic carbocycles. The largest absolute Gasteiger partial charge is 0.362 e. The second-order valence-electron chi connectivity index (χ2n) is 6.41. The van der Waals surface area contributed by atoms with Crippen molar-refractivity contribution < 1.29 is 4.79 Å². The average Bonchev–Trinajstić information content (AvgIpc) is 2.92. The lowest BCUT2D eigenvalue weighted by Gasteiger charge is -2.30. The van der Waals surface area contributed by atoms with Crippen LogP contribution in [0.25, 0.3) is 11.0 Å². The van der Waals surface area contributed by atoms with Crippen LogP contribution in [0.2, 0.25) is 5.02 Å². The molecule has 1 aromatic heterocycles. The molecule has 128 valence electrons. The van der Waals surface area contributed by atoms with E-state index in [-0.39, 0.29) is 5.91 Å². The standard InChI is InChI=1S/C19H19ClN4O/c1-12-9-15(4-5-16(12)21-13(2)25)23-7-8-24-18-6-3-14(20)10-17(18)22-19(24)11-23/h3-6,9-10H,7-8,11H2,1-2H3,(H,21,25). The number of hydrogen-bond donors (Lipinski definition) is 1. The fourth-order valence-corrected chi connectivity index (χ4v) is 3.55. The number of halogens is 1. The maximum absolute atomic E-state index is 11.3. The molecule has 5 nitrogen and oxygen atoms in total. The molecule has 3 aromatic rings. The highest BCUT2D eigenvalue weighted by molar-refractivity contribution is 6.31. The zero-order chi connectivity index (χ0) is 17.6. The highest BCUT2D eigenvalue weighted by Gasteiger charge is 2.20. The molecule has 6 heteroatoms. The molecule has 0 radical (unpaired) electrons. The predicted octanol–water partition coefficient (Wildman–Crippen LogP) is 3.98. The van der Waals surface area contributed by atoms with Crippen LogP contribution < -0.4 is 10.2 Å². The van der Waals surface area contributed by atoms with E-state index in [1.165, 1.54) is 6.92 Å². The summed E-state index contributed by atoms with van der Waals surface area (Å²) < 4.78 is 2.26. The molecule has 0 fully saturated rings. The van der Waals surface area contributed by atoms with E-state index >= 15 is 0 Å². The van der Waals surface area contributed by atoms with Gasteiger partial charge in [0.05, 0.1) is 17.6 Å². The topological polar surface area (TPSA) is 50.2 Å². The van der Waals surface area contributed by atoms with Crippen LogP contribution in [0.1, 0.15) is 18.3 Å². The number of hydrogen-bond acceptors (Lipinski definition) is 3. The lowest BCUT2D eigenvalue weighted by Crippen LogP contribution is -2.33. The quantitative estimate of drug-likeness (QED) is 0.757. The Bertz CT molecular complexity index is 979. The first-order valence-electron chi connectivity index (χ1n) is 8.29. The molecular weight excluding hydrogens is 336 g/mol. The summed E-state index contributed by atoms with van der Waals surface area (Å²) in [5, 5.41) is 3.57. The molecule has 0 aliphatic carbocycles. The first-order chi connectivity index (χ1) is 12.0. The van der Waals surface area contributed by atoms with Crippen molar-refractivity contribution in [3.05, 3.63) is 52.8 Å². The number of fused-ring (bicyclic) bond motifs is 3. The number of anilines is 2. The Morgan fingerprint density at radius 1 is 1.20 bits per heavy atom. The third kappa shape index (κ3) is 2.96. The fraction of sp³-hybridized carbons (Fsp3) is 0.263. The molecule has 0 spiro atoms. The van der Waals surface area contributed by atoms with Gasteiger partial charge in [0, 0.05) is 36.4 Å². The number of aromatic nitrogens is 2. The van der Waals surface area contributed by atoms with Gasteiger partial charge in [0.15, 0.2) is 0 Å². The predicted molar refractivity (Wildman–Crippen MR) is 101 cm³/mol.